The van der Waals surface area contributed by atoms with Gasteiger partial charge in [0.15, 0.2) is 0 Å². The Morgan fingerprint density at radius 1 is 1.28 bits per heavy atom. The highest BCUT2D eigenvalue weighted by atomic mass is 35.5. The normalized spacial score (nSPS) is 10.8. The third-order valence-corrected chi connectivity index (χ3v) is 2.94. The summed E-state index contributed by atoms with van der Waals surface area (Å²) < 4.78 is 7.10. The van der Waals surface area contributed by atoms with Crippen molar-refractivity contribution in [3.05, 3.63) is 40.9 Å². The predicted molar refractivity (Wildman–Crippen MR) is 71.1 cm³/mol. The largest absolute Gasteiger partial charge is 0.380 e. The lowest BCUT2D eigenvalue weighted by atomic mass is 10.2. The maximum Gasteiger partial charge on any atom is 0.229 e. The van der Waals surface area contributed by atoms with Gasteiger partial charge in [0.2, 0.25) is 5.28 Å². The summed E-state index contributed by atoms with van der Waals surface area (Å²) in [7, 11) is 1.68. The number of hydrogen-bond acceptors (Lipinski definition) is 3. The lowest BCUT2D eigenvalue weighted by Crippen LogP contribution is -2.05. The molecule has 1 aromatic carbocycles. The van der Waals surface area contributed by atoms with E-state index in [1.54, 1.807) is 7.11 Å². The fourth-order valence-corrected chi connectivity index (χ4v) is 2.15. The van der Waals surface area contributed by atoms with Crippen molar-refractivity contribution in [3.63, 3.8) is 0 Å². The molecule has 0 bridgehead atoms. The summed E-state index contributed by atoms with van der Waals surface area (Å²) in [4.78, 5) is 0. The molecule has 0 N–H and O–H groups in total. The van der Waals surface area contributed by atoms with Gasteiger partial charge in [-0.15, -0.1) is 10.2 Å². The molecule has 4 nitrogen and oxygen atoms in total. The van der Waals surface area contributed by atoms with Gasteiger partial charge in [-0.1, -0.05) is 25.1 Å². The zero-order valence-electron chi connectivity index (χ0n) is 10.6. The molecule has 0 aliphatic rings. The smallest absolute Gasteiger partial charge is 0.229 e. The Bertz CT molecular complexity index is 525. The highest BCUT2D eigenvalue weighted by molar-refractivity contribution is 6.28. The summed E-state index contributed by atoms with van der Waals surface area (Å²) >= 11 is 6.14. The number of hydrogen-bond donors (Lipinski definition) is 0. The molecular weight excluding hydrogens is 250 g/mol. The molecule has 2 rings (SSSR count). The quantitative estimate of drug-likeness (QED) is 0.834. The Labute approximate surface area is 112 Å². The molecule has 1 aromatic heterocycles. The summed E-state index contributed by atoms with van der Waals surface area (Å²) in [6.07, 6.45) is 1.85. The molecule has 18 heavy (non-hydrogen) atoms. The van der Waals surface area contributed by atoms with Crippen LogP contribution in [0.1, 0.15) is 24.7 Å². The third-order valence-electron chi connectivity index (χ3n) is 2.70. The zero-order valence-corrected chi connectivity index (χ0v) is 11.3. The number of ether oxygens (including phenoxy) is 1. The second-order valence-electron chi connectivity index (χ2n) is 4.03. The fourth-order valence-electron chi connectivity index (χ4n) is 1.93. The van der Waals surface area contributed by atoms with Crippen LogP contribution in [-0.4, -0.2) is 21.9 Å². The summed E-state index contributed by atoms with van der Waals surface area (Å²) in [5.74, 6) is 0.881. The molecule has 0 radical (unpaired) electrons. The Hall–Kier alpha value is -1.39. The van der Waals surface area contributed by atoms with Crippen LogP contribution in [0, 0.1) is 0 Å². The van der Waals surface area contributed by atoms with Crippen LogP contribution in [0.3, 0.4) is 0 Å². The first-order chi connectivity index (χ1) is 8.77. The maximum absolute atomic E-state index is 6.14. The van der Waals surface area contributed by atoms with Crippen LogP contribution in [0.25, 0.3) is 5.69 Å². The minimum Gasteiger partial charge on any atom is -0.380 e. The first-order valence-electron chi connectivity index (χ1n) is 5.95. The summed E-state index contributed by atoms with van der Waals surface area (Å²) in [6, 6.07) is 7.98. The number of rotatable bonds is 5. The lowest BCUT2D eigenvalue weighted by Gasteiger charge is -2.12. The van der Waals surface area contributed by atoms with Crippen LogP contribution in [0.4, 0.5) is 0 Å². The van der Waals surface area contributed by atoms with Crippen molar-refractivity contribution in [3.8, 4) is 5.69 Å². The molecule has 2 aromatic rings. The number of nitrogens with zero attached hydrogens (tertiary/aromatic N) is 3. The standard InChI is InChI=1S/C13H16ClN3O/c1-3-6-12-15-16-13(14)17(12)11-8-5-4-7-10(11)9-18-2/h4-5,7-8H,3,6,9H2,1-2H3. The van der Waals surface area contributed by atoms with Gasteiger partial charge in [-0.25, -0.2) is 0 Å². The zero-order chi connectivity index (χ0) is 13.0. The Kier molecular flexibility index (Phi) is 4.33. The molecule has 0 amide bonds. The fraction of sp³-hybridized carbons (Fsp3) is 0.385. The number of halogens is 1. The molecule has 5 heteroatoms. The van der Waals surface area contributed by atoms with Crippen molar-refractivity contribution in [2.45, 2.75) is 26.4 Å². The molecule has 0 spiro atoms. The van der Waals surface area contributed by atoms with Crippen molar-refractivity contribution in [1.29, 1.82) is 0 Å². The SMILES string of the molecule is CCCc1nnc(Cl)n1-c1ccccc1COC. The van der Waals surface area contributed by atoms with Crippen molar-refractivity contribution < 1.29 is 4.74 Å². The Morgan fingerprint density at radius 2 is 2.06 bits per heavy atom. The van der Waals surface area contributed by atoms with E-state index in [9.17, 15) is 0 Å². The molecule has 0 saturated heterocycles. The van der Waals surface area contributed by atoms with E-state index in [1.807, 2.05) is 28.8 Å². The van der Waals surface area contributed by atoms with E-state index in [0.29, 0.717) is 11.9 Å². The number of aryl methyl sites for hydroxylation is 1. The van der Waals surface area contributed by atoms with E-state index in [0.717, 1.165) is 29.9 Å². The Balaban J connectivity index is 2.50. The van der Waals surface area contributed by atoms with Crippen molar-refractivity contribution >= 4 is 11.6 Å². The maximum atomic E-state index is 6.14. The highest BCUT2D eigenvalue weighted by Gasteiger charge is 2.14. The van der Waals surface area contributed by atoms with Crippen LogP contribution in [0.2, 0.25) is 5.28 Å². The van der Waals surface area contributed by atoms with Crippen LogP contribution in [0.15, 0.2) is 24.3 Å². The molecule has 96 valence electrons. The molecular formula is C13H16ClN3O. The number of aromatic nitrogens is 3. The van der Waals surface area contributed by atoms with Gasteiger partial charge in [0.25, 0.3) is 0 Å². The van der Waals surface area contributed by atoms with Crippen LogP contribution in [0.5, 0.6) is 0 Å². The molecule has 0 fully saturated rings. The van der Waals surface area contributed by atoms with E-state index in [2.05, 4.69) is 17.1 Å². The summed E-state index contributed by atoms with van der Waals surface area (Å²) in [5.41, 5.74) is 2.05. The first kappa shape index (κ1) is 13.1. The minimum absolute atomic E-state index is 0.391. The molecule has 1 heterocycles. The van der Waals surface area contributed by atoms with Crippen molar-refractivity contribution in [1.82, 2.24) is 14.8 Å². The first-order valence-corrected chi connectivity index (χ1v) is 6.32. The van der Waals surface area contributed by atoms with Crippen molar-refractivity contribution in [2.75, 3.05) is 7.11 Å². The second kappa shape index (κ2) is 5.98. The minimum atomic E-state index is 0.391. The van der Waals surface area contributed by atoms with E-state index < -0.39 is 0 Å². The summed E-state index contributed by atoms with van der Waals surface area (Å²) in [5, 5.41) is 8.46. The van der Waals surface area contributed by atoms with Gasteiger partial charge in [0.1, 0.15) is 5.82 Å². The molecule has 0 aliphatic heterocycles. The summed E-state index contributed by atoms with van der Waals surface area (Å²) in [6.45, 7) is 2.64. The lowest BCUT2D eigenvalue weighted by molar-refractivity contribution is 0.184. The third kappa shape index (κ3) is 2.54. The van der Waals surface area contributed by atoms with Crippen LogP contribution >= 0.6 is 11.6 Å². The number of benzene rings is 1. The van der Waals surface area contributed by atoms with E-state index in [-0.39, 0.29) is 0 Å². The number of para-hydroxylation sites is 1. The van der Waals surface area contributed by atoms with Gasteiger partial charge in [0.05, 0.1) is 12.3 Å². The molecule has 0 aliphatic carbocycles. The van der Waals surface area contributed by atoms with E-state index in [1.165, 1.54) is 0 Å². The van der Waals surface area contributed by atoms with Gasteiger partial charge >= 0.3 is 0 Å². The highest BCUT2D eigenvalue weighted by Crippen LogP contribution is 2.22. The Morgan fingerprint density at radius 3 is 2.78 bits per heavy atom. The van der Waals surface area contributed by atoms with Gasteiger partial charge in [-0.05, 0) is 24.1 Å². The topological polar surface area (TPSA) is 39.9 Å². The van der Waals surface area contributed by atoms with Crippen LogP contribution in [-0.2, 0) is 17.8 Å². The molecule has 0 atom stereocenters. The predicted octanol–water partition coefficient (Wildman–Crippen LogP) is 3.02. The number of methoxy groups -OCH3 is 1. The van der Waals surface area contributed by atoms with Crippen molar-refractivity contribution in [2.24, 2.45) is 0 Å². The van der Waals surface area contributed by atoms with E-state index >= 15 is 0 Å². The molecule has 0 saturated carbocycles. The van der Waals surface area contributed by atoms with Crippen LogP contribution < -0.4 is 0 Å². The van der Waals surface area contributed by atoms with Gasteiger partial charge in [-0.2, -0.15) is 0 Å². The van der Waals surface area contributed by atoms with Gasteiger partial charge < -0.3 is 4.74 Å². The molecule has 0 unspecified atom stereocenters. The second-order valence-corrected chi connectivity index (χ2v) is 4.37. The van der Waals surface area contributed by atoms with E-state index in [4.69, 9.17) is 16.3 Å². The van der Waals surface area contributed by atoms with Gasteiger partial charge in [0, 0.05) is 19.1 Å². The average molecular weight is 266 g/mol. The monoisotopic (exact) mass is 265 g/mol. The average Bonchev–Trinajstić information content (AvgIpc) is 2.73. The van der Waals surface area contributed by atoms with Gasteiger partial charge in [-0.3, -0.25) is 4.57 Å².